The van der Waals surface area contributed by atoms with Crippen molar-refractivity contribution in [1.82, 2.24) is 15.3 Å². The third-order valence-corrected chi connectivity index (χ3v) is 6.38. The second kappa shape index (κ2) is 9.98. The summed E-state index contributed by atoms with van der Waals surface area (Å²) >= 11 is 12.6. The Bertz CT molecular complexity index is 1190. The van der Waals surface area contributed by atoms with E-state index in [1.165, 1.54) is 0 Å². The van der Waals surface area contributed by atoms with E-state index in [-0.39, 0.29) is 12.1 Å². The molecule has 0 aliphatic heterocycles. The molecular formula is C25H26Cl2N4O2. The lowest BCUT2D eigenvalue weighted by molar-refractivity contribution is 0.0944. The second-order valence-electron chi connectivity index (χ2n) is 7.86. The molecule has 4 rings (SSSR count). The number of aromatic nitrogens is 2. The maximum absolute atomic E-state index is 12.0. The van der Waals surface area contributed by atoms with Crippen molar-refractivity contribution in [2.75, 3.05) is 12.4 Å². The molecule has 6 nitrogen and oxygen atoms in total. The van der Waals surface area contributed by atoms with Crippen LogP contribution in [0.4, 0.5) is 10.6 Å². The average Bonchev–Trinajstić information content (AvgIpc) is 3.15. The zero-order valence-electron chi connectivity index (χ0n) is 18.8. The third kappa shape index (κ3) is 4.77. The first-order valence-electron chi connectivity index (χ1n) is 11.0. The largest absolute Gasteiger partial charge is 0.443 e. The first-order valence-corrected chi connectivity index (χ1v) is 11.8. The first-order chi connectivity index (χ1) is 15.9. The van der Waals surface area contributed by atoms with E-state index < -0.39 is 6.09 Å². The van der Waals surface area contributed by atoms with Crippen molar-refractivity contribution < 1.29 is 9.53 Å². The van der Waals surface area contributed by atoms with E-state index in [0.717, 1.165) is 33.8 Å². The molecule has 0 bridgehead atoms. The molecule has 0 saturated heterocycles. The van der Waals surface area contributed by atoms with Crippen LogP contribution in [0.1, 0.15) is 42.4 Å². The van der Waals surface area contributed by atoms with Gasteiger partial charge < -0.3 is 15.4 Å². The summed E-state index contributed by atoms with van der Waals surface area (Å²) in [4.78, 5) is 21.9. The Morgan fingerprint density at radius 1 is 1.09 bits per heavy atom. The summed E-state index contributed by atoms with van der Waals surface area (Å²) in [6.45, 7) is 4.07. The molecule has 2 aromatic carbocycles. The van der Waals surface area contributed by atoms with E-state index in [1.54, 1.807) is 19.2 Å². The number of halogens is 2. The van der Waals surface area contributed by atoms with Crippen molar-refractivity contribution in [1.29, 1.82) is 0 Å². The van der Waals surface area contributed by atoms with Crippen molar-refractivity contribution in [3.8, 4) is 11.3 Å². The van der Waals surface area contributed by atoms with E-state index in [1.807, 2.05) is 32.0 Å². The van der Waals surface area contributed by atoms with Crippen LogP contribution in [0.15, 0.2) is 42.5 Å². The number of alkyl carbamates (subject to hydrolysis) is 1. The SMILES string of the molecule is CCc1nc(-c2ccc(Cl)cc2Cl)c(CC)nc1N[C@@H]1c2ccccc2C[C@@H]1OC(=O)NC. The smallest absolute Gasteiger partial charge is 0.407 e. The molecule has 0 radical (unpaired) electrons. The van der Waals surface area contributed by atoms with Crippen LogP contribution < -0.4 is 10.6 Å². The highest BCUT2D eigenvalue weighted by molar-refractivity contribution is 6.36. The van der Waals surface area contributed by atoms with Crippen molar-refractivity contribution >= 4 is 35.1 Å². The predicted molar refractivity (Wildman–Crippen MR) is 132 cm³/mol. The number of fused-ring (bicyclic) bond motifs is 1. The molecule has 2 atom stereocenters. The van der Waals surface area contributed by atoms with E-state index in [0.29, 0.717) is 35.1 Å². The van der Waals surface area contributed by atoms with Crippen molar-refractivity contribution in [2.45, 2.75) is 45.3 Å². The van der Waals surface area contributed by atoms with Gasteiger partial charge in [0.1, 0.15) is 11.9 Å². The van der Waals surface area contributed by atoms with Crippen LogP contribution in [0.5, 0.6) is 0 Å². The minimum atomic E-state index is -0.455. The molecule has 1 amide bonds. The quantitative estimate of drug-likeness (QED) is 0.447. The van der Waals surface area contributed by atoms with Gasteiger partial charge in [0, 0.05) is 24.1 Å². The number of amides is 1. The lowest BCUT2D eigenvalue weighted by atomic mass is 10.1. The topological polar surface area (TPSA) is 76.1 Å². The summed E-state index contributed by atoms with van der Waals surface area (Å²) in [7, 11) is 1.56. The molecule has 1 aliphatic rings. The van der Waals surface area contributed by atoms with Crippen LogP contribution in [0, 0.1) is 0 Å². The van der Waals surface area contributed by atoms with E-state index in [4.69, 9.17) is 37.9 Å². The number of carbonyl (C=O) groups excluding carboxylic acids is 1. The van der Waals surface area contributed by atoms with Crippen LogP contribution in [0.3, 0.4) is 0 Å². The molecule has 8 heteroatoms. The van der Waals surface area contributed by atoms with Gasteiger partial charge in [-0.1, -0.05) is 61.3 Å². The lowest BCUT2D eigenvalue weighted by Crippen LogP contribution is -2.32. The van der Waals surface area contributed by atoms with Gasteiger partial charge >= 0.3 is 6.09 Å². The number of rotatable bonds is 6. The highest BCUT2D eigenvalue weighted by Crippen LogP contribution is 2.38. The number of aryl methyl sites for hydroxylation is 2. The van der Waals surface area contributed by atoms with Crippen LogP contribution in [-0.4, -0.2) is 29.2 Å². The molecule has 33 heavy (non-hydrogen) atoms. The van der Waals surface area contributed by atoms with E-state index >= 15 is 0 Å². The normalized spacial score (nSPS) is 16.9. The Hall–Kier alpha value is -2.83. The van der Waals surface area contributed by atoms with Gasteiger partial charge in [-0.05, 0) is 42.2 Å². The molecule has 0 fully saturated rings. The third-order valence-electron chi connectivity index (χ3n) is 5.83. The maximum Gasteiger partial charge on any atom is 0.407 e. The summed E-state index contributed by atoms with van der Waals surface area (Å²) in [6.07, 6.45) is 1.18. The van der Waals surface area contributed by atoms with Crippen LogP contribution in [-0.2, 0) is 24.0 Å². The van der Waals surface area contributed by atoms with Gasteiger partial charge in [0.25, 0.3) is 0 Å². The fraction of sp³-hybridized carbons (Fsp3) is 0.320. The van der Waals surface area contributed by atoms with Crippen molar-refractivity contribution in [2.24, 2.45) is 0 Å². The Balaban J connectivity index is 1.74. The first kappa shape index (κ1) is 23.3. The minimum absolute atomic E-state index is 0.229. The van der Waals surface area contributed by atoms with Gasteiger partial charge in [0.05, 0.1) is 28.1 Å². The number of carbonyl (C=O) groups is 1. The van der Waals surface area contributed by atoms with Crippen LogP contribution in [0.25, 0.3) is 11.3 Å². The van der Waals surface area contributed by atoms with Gasteiger partial charge in [-0.15, -0.1) is 0 Å². The molecule has 1 heterocycles. The highest BCUT2D eigenvalue weighted by Gasteiger charge is 2.36. The Labute approximate surface area is 203 Å². The zero-order chi connectivity index (χ0) is 23.5. The Morgan fingerprint density at radius 3 is 2.55 bits per heavy atom. The van der Waals surface area contributed by atoms with Gasteiger partial charge in [-0.3, -0.25) is 0 Å². The molecule has 2 N–H and O–H groups in total. The van der Waals surface area contributed by atoms with Gasteiger partial charge in [-0.25, -0.2) is 14.8 Å². The summed E-state index contributed by atoms with van der Waals surface area (Å²) in [5, 5.41) is 7.20. The highest BCUT2D eigenvalue weighted by atomic mass is 35.5. The van der Waals surface area contributed by atoms with Crippen LogP contribution >= 0.6 is 23.2 Å². The number of benzene rings is 2. The monoisotopic (exact) mass is 484 g/mol. The fourth-order valence-electron chi connectivity index (χ4n) is 4.19. The maximum atomic E-state index is 12.0. The molecular weight excluding hydrogens is 459 g/mol. The molecule has 1 aliphatic carbocycles. The predicted octanol–water partition coefficient (Wildman–Crippen LogP) is 6.01. The van der Waals surface area contributed by atoms with Crippen LogP contribution in [0.2, 0.25) is 10.0 Å². The minimum Gasteiger partial charge on any atom is -0.443 e. The van der Waals surface area contributed by atoms with Gasteiger partial charge in [-0.2, -0.15) is 0 Å². The van der Waals surface area contributed by atoms with E-state index in [2.05, 4.69) is 22.8 Å². The molecule has 0 unspecified atom stereocenters. The van der Waals surface area contributed by atoms with Crippen molar-refractivity contribution in [3.05, 3.63) is 75.0 Å². The lowest BCUT2D eigenvalue weighted by Gasteiger charge is -2.24. The number of anilines is 1. The van der Waals surface area contributed by atoms with E-state index in [9.17, 15) is 4.79 Å². The summed E-state index contributed by atoms with van der Waals surface area (Å²) in [6, 6.07) is 13.3. The molecule has 0 saturated carbocycles. The van der Waals surface area contributed by atoms with Crippen molar-refractivity contribution in [3.63, 3.8) is 0 Å². The Kier molecular flexibility index (Phi) is 7.05. The summed E-state index contributed by atoms with van der Waals surface area (Å²) < 4.78 is 5.69. The number of nitrogens with zero attached hydrogens (tertiary/aromatic N) is 2. The molecule has 172 valence electrons. The standard InChI is InChI=1S/C25H26Cl2N4O2/c1-4-19-22(17-11-10-15(26)13-18(17)27)29-20(5-2)24(30-19)31-23-16-9-7-6-8-14(16)12-21(23)33-25(32)28-3/h6-11,13,21,23H,4-5,12H2,1-3H3,(H,28,32)(H,30,31)/t21-,23+/m0/s1. The zero-order valence-corrected chi connectivity index (χ0v) is 20.3. The molecule has 0 spiro atoms. The number of hydrogen-bond donors (Lipinski definition) is 2. The van der Waals surface area contributed by atoms with Gasteiger partial charge in [0.15, 0.2) is 0 Å². The average molecular weight is 485 g/mol. The number of nitrogens with one attached hydrogen (secondary N) is 2. The molecule has 1 aromatic heterocycles. The fourth-order valence-corrected chi connectivity index (χ4v) is 4.69. The Morgan fingerprint density at radius 2 is 1.85 bits per heavy atom. The summed E-state index contributed by atoms with van der Waals surface area (Å²) in [5.74, 6) is 0.690. The summed E-state index contributed by atoms with van der Waals surface area (Å²) in [5.41, 5.74) is 5.45. The van der Waals surface area contributed by atoms with Gasteiger partial charge in [0.2, 0.25) is 0 Å². The second-order valence-corrected chi connectivity index (χ2v) is 8.71. The number of hydrogen-bond acceptors (Lipinski definition) is 5. The molecule has 3 aromatic rings. The number of ether oxygens (including phenoxy) is 1.